The van der Waals surface area contributed by atoms with Crippen LogP contribution in [0.5, 0.6) is 0 Å². The van der Waals surface area contributed by atoms with Crippen molar-refractivity contribution in [3.8, 4) is 0 Å². The summed E-state index contributed by atoms with van der Waals surface area (Å²) in [4.78, 5) is 4.37. The molecule has 1 atom stereocenters. The standard InChI is InChI=1S/C17H14ClNO/c1-11-5-2-3-6-12(11)17(20)14-8-9-15(18)13-7-4-10-19-16(13)14/h2-10,17,20H,1H3. The lowest BCUT2D eigenvalue weighted by molar-refractivity contribution is 0.221. The molecule has 0 aliphatic heterocycles. The van der Waals surface area contributed by atoms with Gasteiger partial charge in [-0.2, -0.15) is 0 Å². The van der Waals surface area contributed by atoms with Gasteiger partial charge in [-0.3, -0.25) is 4.98 Å². The van der Waals surface area contributed by atoms with Gasteiger partial charge < -0.3 is 5.11 Å². The Balaban J connectivity index is 2.20. The van der Waals surface area contributed by atoms with Crippen molar-refractivity contribution in [3.63, 3.8) is 0 Å². The molecule has 20 heavy (non-hydrogen) atoms. The van der Waals surface area contributed by atoms with Crippen molar-refractivity contribution in [1.29, 1.82) is 0 Å². The molecule has 0 bridgehead atoms. The Kier molecular flexibility index (Phi) is 3.43. The lowest BCUT2D eigenvalue weighted by Crippen LogP contribution is -2.03. The van der Waals surface area contributed by atoms with Crippen LogP contribution in [0.25, 0.3) is 10.9 Å². The number of hydrogen-bond donors (Lipinski definition) is 1. The van der Waals surface area contributed by atoms with E-state index in [2.05, 4.69) is 4.98 Å². The molecule has 0 saturated heterocycles. The minimum absolute atomic E-state index is 0.647. The molecule has 0 amide bonds. The molecule has 2 aromatic carbocycles. The first-order valence-corrected chi connectivity index (χ1v) is 6.83. The highest BCUT2D eigenvalue weighted by Crippen LogP contribution is 2.32. The van der Waals surface area contributed by atoms with Gasteiger partial charge in [-0.1, -0.05) is 41.9 Å². The Morgan fingerprint density at radius 1 is 1.00 bits per heavy atom. The highest BCUT2D eigenvalue weighted by atomic mass is 35.5. The van der Waals surface area contributed by atoms with Gasteiger partial charge in [0.2, 0.25) is 0 Å². The zero-order valence-electron chi connectivity index (χ0n) is 11.0. The summed E-state index contributed by atoms with van der Waals surface area (Å²) in [5.41, 5.74) is 3.47. The molecule has 1 heterocycles. The number of pyridine rings is 1. The number of benzene rings is 2. The molecule has 0 fully saturated rings. The number of hydrogen-bond acceptors (Lipinski definition) is 2. The fourth-order valence-electron chi connectivity index (χ4n) is 2.44. The Morgan fingerprint density at radius 2 is 1.80 bits per heavy atom. The van der Waals surface area contributed by atoms with E-state index < -0.39 is 6.10 Å². The molecule has 1 N–H and O–H groups in total. The number of aliphatic hydroxyl groups excluding tert-OH is 1. The van der Waals surface area contributed by atoms with Gasteiger partial charge in [-0.25, -0.2) is 0 Å². The summed E-state index contributed by atoms with van der Waals surface area (Å²) >= 11 is 6.19. The van der Waals surface area contributed by atoms with E-state index in [1.165, 1.54) is 0 Å². The summed E-state index contributed by atoms with van der Waals surface area (Å²) in [7, 11) is 0. The Bertz CT molecular complexity index is 770. The van der Waals surface area contributed by atoms with Crippen molar-refractivity contribution in [1.82, 2.24) is 4.98 Å². The lowest BCUT2D eigenvalue weighted by Gasteiger charge is -2.16. The van der Waals surface area contributed by atoms with E-state index in [1.807, 2.05) is 55.5 Å². The highest BCUT2D eigenvalue weighted by Gasteiger charge is 2.16. The first kappa shape index (κ1) is 13.1. The normalized spacial score (nSPS) is 12.6. The third-order valence-corrected chi connectivity index (χ3v) is 3.85. The number of rotatable bonds is 2. The fraction of sp³-hybridized carbons (Fsp3) is 0.118. The highest BCUT2D eigenvalue weighted by molar-refractivity contribution is 6.35. The summed E-state index contributed by atoms with van der Waals surface area (Å²) < 4.78 is 0. The maximum atomic E-state index is 10.7. The van der Waals surface area contributed by atoms with Crippen molar-refractivity contribution < 1.29 is 5.11 Å². The van der Waals surface area contributed by atoms with Crippen LogP contribution in [0.2, 0.25) is 5.02 Å². The van der Waals surface area contributed by atoms with E-state index in [0.717, 1.165) is 27.6 Å². The SMILES string of the molecule is Cc1ccccc1C(O)c1ccc(Cl)c2cccnc12. The van der Waals surface area contributed by atoms with Crippen molar-refractivity contribution in [2.45, 2.75) is 13.0 Å². The van der Waals surface area contributed by atoms with Gasteiger partial charge in [-0.15, -0.1) is 0 Å². The first-order valence-electron chi connectivity index (χ1n) is 6.45. The molecule has 3 heteroatoms. The predicted molar refractivity (Wildman–Crippen MR) is 82.0 cm³/mol. The van der Waals surface area contributed by atoms with Gasteiger partial charge in [0.25, 0.3) is 0 Å². The topological polar surface area (TPSA) is 33.1 Å². The van der Waals surface area contributed by atoms with E-state index >= 15 is 0 Å². The van der Waals surface area contributed by atoms with Crippen molar-refractivity contribution in [3.05, 3.63) is 76.4 Å². The number of aromatic nitrogens is 1. The van der Waals surface area contributed by atoms with Gasteiger partial charge in [0, 0.05) is 22.2 Å². The monoisotopic (exact) mass is 283 g/mol. The maximum Gasteiger partial charge on any atom is 0.106 e. The van der Waals surface area contributed by atoms with Crippen LogP contribution in [0, 0.1) is 6.92 Å². The molecule has 0 spiro atoms. The molecule has 0 saturated carbocycles. The van der Waals surface area contributed by atoms with Gasteiger partial charge in [0.15, 0.2) is 0 Å². The Labute approximate surface area is 122 Å². The molecule has 100 valence electrons. The molecule has 0 aliphatic carbocycles. The zero-order valence-corrected chi connectivity index (χ0v) is 11.8. The molecule has 0 aliphatic rings. The van der Waals surface area contributed by atoms with Gasteiger partial charge in [-0.05, 0) is 36.2 Å². The van der Waals surface area contributed by atoms with Crippen LogP contribution in [0.3, 0.4) is 0 Å². The summed E-state index contributed by atoms with van der Waals surface area (Å²) in [5.74, 6) is 0. The van der Waals surface area contributed by atoms with E-state index in [1.54, 1.807) is 6.20 Å². The molecule has 0 radical (unpaired) electrons. The lowest BCUT2D eigenvalue weighted by atomic mass is 9.96. The summed E-state index contributed by atoms with van der Waals surface area (Å²) in [6.45, 7) is 1.99. The Hall–Kier alpha value is -1.90. The number of fused-ring (bicyclic) bond motifs is 1. The molecule has 3 aromatic rings. The smallest absolute Gasteiger partial charge is 0.106 e. The van der Waals surface area contributed by atoms with Crippen LogP contribution in [-0.4, -0.2) is 10.1 Å². The summed E-state index contributed by atoms with van der Waals surface area (Å²) in [6.07, 6.45) is 1.01. The van der Waals surface area contributed by atoms with E-state index in [4.69, 9.17) is 11.6 Å². The first-order chi connectivity index (χ1) is 9.68. The average Bonchev–Trinajstić information content (AvgIpc) is 2.48. The third-order valence-electron chi connectivity index (χ3n) is 3.53. The van der Waals surface area contributed by atoms with Gasteiger partial charge in [0.05, 0.1) is 5.52 Å². The molecule has 3 rings (SSSR count). The van der Waals surface area contributed by atoms with E-state index in [0.29, 0.717) is 5.02 Å². The van der Waals surface area contributed by atoms with Crippen LogP contribution in [0.15, 0.2) is 54.7 Å². The Morgan fingerprint density at radius 3 is 2.60 bits per heavy atom. The molecular formula is C17H14ClNO. The second-order valence-corrected chi connectivity index (χ2v) is 5.20. The minimum atomic E-state index is -0.703. The largest absolute Gasteiger partial charge is 0.384 e. The second kappa shape index (κ2) is 5.23. The molecular weight excluding hydrogens is 270 g/mol. The summed E-state index contributed by atoms with van der Waals surface area (Å²) in [5, 5.41) is 12.2. The van der Waals surface area contributed by atoms with Crippen LogP contribution < -0.4 is 0 Å². The minimum Gasteiger partial charge on any atom is -0.384 e. The average molecular weight is 284 g/mol. The number of halogens is 1. The zero-order chi connectivity index (χ0) is 14.1. The number of aryl methyl sites for hydroxylation is 1. The number of aliphatic hydroxyl groups is 1. The van der Waals surface area contributed by atoms with Gasteiger partial charge >= 0.3 is 0 Å². The number of nitrogens with zero attached hydrogens (tertiary/aromatic N) is 1. The maximum absolute atomic E-state index is 10.7. The van der Waals surface area contributed by atoms with Crippen molar-refractivity contribution in [2.24, 2.45) is 0 Å². The quantitative estimate of drug-likeness (QED) is 0.761. The van der Waals surface area contributed by atoms with Crippen LogP contribution in [-0.2, 0) is 0 Å². The van der Waals surface area contributed by atoms with E-state index in [-0.39, 0.29) is 0 Å². The van der Waals surface area contributed by atoms with E-state index in [9.17, 15) is 5.11 Å². The van der Waals surface area contributed by atoms with Crippen LogP contribution in [0.1, 0.15) is 22.8 Å². The van der Waals surface area contributed by atoms with Crippen LogP contribution in [0.4, 0.5) is 0 Å². The predicted octanol–water partition coefficient (Wildman–Crippen LogP) is 4.28. The molecule has 1 aromatic heterocycles. The van der Waals surface area contributed by atoms with Gasteiger partial charge in [0.1, 0.15) is 6.10 Å². The van der Waals surface area contributed by atoms with Crippen molar-refractivity contribution in [2.75, 3.05) is 0 Å². The molecule has 1 unspecified atom stereocenters. The molecule has 2 nitrogen and oxygen atoms in total. The van der Waals surface area contributed by atoms with Crippen molar-refractivity contribution >= 4 is 22.5 Å². The fourth-order valence-corrected chi connectivity index (χ4v) is 2.66. The second-order valence-electron chi connectivity index (χ2n) is 4.80. The summed E-state index contributed by atoms with van der Waals surface area (Å²) in [6, 6.07) is 15.2. The third kappa shape index (κ3) is 2.17. The van der Waals surface area contributed by atoms with Crippen LogP contribution >= 0.6 is 11.6 Å².